The molecule has 2 heteroatoms. The van der Waals surface area contributed by atoms with Crippen molar-refractivity contribution in [2.45, 2.75) is 58.5 Å². The minimum absolute atomic E-state index is 0.0533. The van der Waals surface area contributed by atoms with Gasteiger partial charge in [0.1, 0.15) is 0 Å². The third-order valence-corrected chi connectivity index (χ3v) is 4.76. The summed E-state index contributed by atoms with van der Waals surface area (Å²) in [6, 6.07) is 0. The van der Waals surface area contributed by atoms with E-state index < -0.39 is 0 Å². The maximum Gasteiger partial charge on any atom is 0.0624 e. The lowest BCUT2D eigenvalue weighted by Gasteiger charge is -2.32. The Morgan fingerprint density at radius 3 is 2.29 bits per heavy atom. The molecule has 1 aliphatic carbocycles. The van der Waals surface area contributed by atoms with Gasteiger partial charge in [0, 0.05) is 10.7 Å². The van der Waals surface area contributed by atoms with Crippen LogP contribution >= 0.6 is 15.9 Å². The molecule has 1 rings (SSSR count). The number of hydrogen-bond acceptors (Lipinski definition) is 1. The van der Waals surface area contributed by atoms with E-state index >= 15 is 0 Å². The van der Waals surface area contributed by atoms with Crippen LogP contribution in [-0.4, -0.2) is 17.5 Å². The van der Waals surface area contributed by atoms with Gasteiger partial charge in [-0.3, -0.25) is 0 Å². The van der Waals surface area contributed by atoms with Gasteiger partial charge >= 0.3 is 0 Å². The van der Waals surface area contributed by atoms with E-state index in [2.05, 4.69) is 36.7 Å². The summed E-state index contributed by atoms with van der Waals surface area (Å²) in [5.74, 6) is 0. The number of ether oxygens (including phenoxy) is 1. The highest BCUT2D eigenvalue weighted by atomic mass is 79.9. The summed E-state index contributed by atoms with van der Waals surface area (Å²) < 4.78 is 6.03. The zero-order valence-corrected chi connectivity index (χ0v) is 11.3. The first kappa shape index (κ1) is 12.5. The number of alkyl halides is 1. The summed E-state index contributed by atoms with van der Waals surface area (Å²) in [6.07, 6.45) is 6.50. The Balaban J connectivity index is 2.41. The Hall–Kier alpha value is 0.440. The van der Waals surface area contributed by atoms with Gasteiger partial charge in [-0.25, -0.2) is 0 Å². The van der Waals surface area contributed by atoms with Crippen molar-refractivity contribution in [1.82, 2.24) is 0 Å². The van der Waals surface area contributed by atoms with Crippen LogP contribution in [0.15, 0.2) is 0 Å². The van der Waals surface area contributed by atoms with Crippen molar-refractivity contribution in [1.29, 1.82) is 0 Å². The van der Waals surface area contributed by atoms with Crippen molar-refractivity contribution in [3.8, 4) is 0 Å². The predicted octanol–water partition coefficient (Wildman–Crippen LogP) is 4.15. The van der Waals surface area contributed by atoms with E-state index in [9.17, 15) is 0 Å². The number of rotatable bonds is 5. The van der Waals surface area contributed by atoms with E-state index in [1.54, 1.807) is 0 Å². The minimum atomic E-state index is 0.0533. The molecule has 0 radical (unpaired) electrons. The third-order valence-electron chi connectivity index (χ3n) is 3.57. The molecule has 14 heavy (non-hydrogen) atoms. The van der Waals surface area contributed by atoms with Crippen LogP contribution in [0.2, 0.25) is 0 Å². The van der Waals surface area contributed by atoms with E-state index in [0.717, 1.165) is 18.4 Å². The highest BCUT2D eigenvalue weighted by Crippen LogP contribution is 2.40. The summed E-state index contributed by atoms with van der Waals surface area (Å²) in [7, 11) is 0. The fourth-order valence-corrected chi connectivity index (χ4v) is 2.61. The van der Waals surface area contributed by atoms with Crippen molar-refractivity contribution >= 4 is 15.9 Å². The molecule has 0 amide bonds. The Morgan fingerprint density at radius 1 is 1.29 bits per heavy atom. The molecule has 0 aromatic rings. The molecule has 0 bridgehead atoms. The summed E-state index contributed by atoms with van der Waals surface area (Å²) in [5, 5.41) is 1.10. The molecule has 0 aromatic heterocycles. The Bertz CT molecular complexity index is 171. The molecule has 84 valence electrons. The fraction of sp³-hybridized carbons (Fsp3) is 1.00. The molecule has 1 fully saturated rings. The van der Waals surface area contributed by atoms with Crippen LogP contribution in [0.3, 0.4) is 0 Å². The lowest BCUT2D eigenvalue weighted by atomic mass is 9.89. The van der Waals surface area contributed by atoms with Crippen LogP contribution < -0.4 is 0 Å². The molecule has 0 N–H and O–H groups in total. The minimum Gasteiger partial charge on any atom is -0.375 e. The van der Waals surface area contributed by atoms with Gasteiger partial charge in [0.05, 0.1) is 12.2 Å². The molecule has 0 unspecified atom stereocenters. The molecular weight excluding hydrogens is 240 g/mol. The standard InChI is InChI=1S/C12H23BrO/c1-4-11(2,3)14-10-12(9-13)7-5-6-8-12/h4-10H2,1-3H3. The van der Waals surface area contributed by atoms with Crippen LogP contribution in [0.5, 0.6) is 0 Å². The van der Waals surface area contributed by atoms with Crippen LogP contribution in [0.1, 0.15) is 52.9 Å². The highest BCUT2D eigenvalue weighted by Gasteiger charge is 2.34. The lowest BCUT2D eigenvalue weighted by molar-refractivity contribution is -0.0576. The molecule has 0 saturated heterocycles. The molecular formula is C12H23BrO. The van der Waals surface area contributed by atoms with Crippen molar-refractivity contribution in [3.63, 3.8) is 0 Å². The molecule has 0 heterocycles. The maximum absolute atomic E-state index is 6.03. The van der Waals surface area contributed by atoms with Gasteiger partial charge in [0.15, 0.2) is 0 Å². The fourth-order valence-electron chi connectivity index (χ4n) is 1.89. The molecule has 0 spiro atoms. The van der Waals surface area contributed by atoms with Gasteiger partial charge in [-0.15, -0.1) is 0 Å². The van der Waals surface area contributed by atoms with Crippen LogP contribution in [0.25, 0.3) is 0 Å². The van der Waals surface area contributed by atoms with Crippen molar-refractivity contribution in [2.24, 2.45) is 5.41 Å². The topological polar surface area (TPSA) is 9.23 Å². The quantitative estimate of drug-likeness (QED) is 0.677. The lowest BCUT2D eigenvalue weighted by Crippen LogP contribution is -2.32. The van der Waals surface area contributed by atoms with Gasteiger partial charge in [-0.05, 0) is 33.1 Å². The molecule has 0 aliphatic heterocycles. The van der Waals surface area contributed by atoms with E-state index in [1.807, 2.05) is 0 Å². The second kappa shape index (κ2) is 4.98. The normalized spacial score (nSPS) is 21.4. The summed E-state index contributed by atoms with van der Waals surface area (Å²) >= 11 is 3.64. The maximum atomic E-state index is 6.03. The van der Waals surface area contributed by atoms with Crippen LogP contribution in [-0.2, 0) is 4.74 Å². The Labute approximate surface area is 96.7 Å². The van der Waals surface area contributed by atoms with Gasteiger partial charge in [-0.1, -0.05) is 35.7 Å². The van der Waals surface area contributed by atoms with E-state index in [-0.39, 0.29) is 5.60 Å². The molecule has 1 saturated carbocycles. The average Bonchev–Trinajstić information content (AvgIpc) is 2.65. The first-order valence-corrected chi connectivity index (χ1v) is 6.86. The third kappa shape index (κ3) is 3.23. The largest absolute Gasteiger partial charge is 0.375 e. The Morgan fingerprint density at radius 2 is 1.86 bits per heavy atom. The monoisotopic (exact) mass is 262 g/mol. The number of halogens is 1. The first-order chi connectivity index (χ1) is 6.54. The second-order valence-electron chi connectivity index (χ2n) is 5.24. The molecule has 1 aliphatic rings. The van der Waals surface area contributed by atoms with E-state index in [0.29, 0.717) is 5.41 Å². The predicted molar refractivity (Wildman–Crippen MR) is 65.0 cm³/mol. The van der Waals surface area contributed by atoms with Gasteiger partial charge in [0.2, 0.25) is 0 Å². The van der Waals surface area contributed by atoms with Crippen LogP contribution in [0, 0.1) is 5.41 Å². The zero-order chi connectivity index (χ0) is 10.7. The average molecular weight is 263 g/mol. The SMILES string of the molecule is CCC(C)(C)OCC1(CBr)CCCC1. The number of hydrogen-bond donors (Lipinski definition) is 0. The van der Waals surface area contributed by atoms with Crippen molar-refractivity contribution in [2.75, 3.05) is 11.9 Å². The smallest absolute Gasteiger partial charge is 0.0624 e. The summed E-state index contributed by atoms with van der Waals surface area (Å²) in [4.78, 5) is 0. The van der Waals surface area contributed by atoms with Crippen molar-refractivity contribution < 1.29 is 4.74 Å². The van der Waals surface area contributed by atoms with Gasteiger partial charge in [-0.2, -0.15) is 0 Å². The first-order valence-electron chi connectivity index (χ1n) is 5.73. The molecule has 0 atom stereocenters. The van der Waals surface area contributed by atoms with E-state index in [1.165, 1.54) is 25.7 Å². The van der Waals surface area contributed by atoms with Crippen LogP contribution in [0.4, 0.5) is 0 Å². The highest BCUT2D eigenvalue weighted by molar-refractivity contribution is 9.09. The second-order valence-corrected chi connectivity index (χ2v) is 5.80. The summed E-state index contributed by atoms with van der Waals surface area (Å²) in [6.45, 7) is 7.49. The molecule has 1 nitrogen and oxygen atoms in total. The van der Waals surface area contributed by atoms with E-state index in [4.69, 9.17) is 4.74 Å². The van der Waals surface area contributed by atoms with Gasteiger partial charge < -0.3 is 4.74 Å². The Kier molecular flexibility index (Phi) is 4.45. The molecule has 0 aromatic carbocycles. The van der Waals surface area contributed by atoms with Crippen molar-refractivity contribution in [3.05, 3.63) is 0 Å². The van der Waals surface area contributed by atoms with Gasteiger partial charge in [0.25, 0.3) is 0 Å². The zero-order valence-electron chi connectivity index (χ0n) is 9.74. The summed E-state index contributed by atoms with van der Waals surface area (Å²) in [5.41, 5.74) is 0.490.